The number of rotatable bonds is 12. The number of nitrogens with one attached hydrogen (secondary N) is 3. The summed E-state index contributed by atoms with van der Waals surface area (Å²) in [6, 6.07) is 0.145. The molecule has 0 radical (unpaired) electrons. The van der Waals surface area contributed by atoms with Crippen molar-refractivity contribution >= 4 is 23.5 Å². The Kier molecular flexibility index (Phi) is 15.7. The molecule has 0 aromatic carbocycles. The van der Waals surface area contributed by atoms with Gasteiger partial charge in [-0.15, -0.1) is 0 Å². The lowest BCUT2D eigenvalue weighted by Gasteiger charge is -2.29. The molecule has 0 atom stereocenters. The highest BCUT2D eigenvalue weighted by atomic mass is 16.5. The third-order valence-electron chi connectivity index (χ3n) is 4.83. The third-order valence-corrected chi connectivity index (χ3v) is 4.83. The Bertz CT molecular complexity index is 529. The zero-order chi connectivity index (χ0) is 22.9. The zero-order valence-electron chi connectivity index (χ0n) is 19.3. The van der Waals surface area contributed by atoms with Crippen molar-refractivity contribution in [3.8, 4) is 0 Å². The number of ether oxygens (including phenoxy) is 1. The first-order valence-corrected chi connectivity index (χ1v) is 11.2. The van der Waals surface area contributed by atoms with Gasteiger partial charge in [-0.1, -0.05) is 27.7 Å². The van der Waals surface area contributed by atoms with Crippen molar-refractivity contribution in [2.45, 2.75) is 79.2 Å². The van der Waals surface area contributed by atoms with E-state index in [2.05, 4.69) is 16.0 Å². The minimum Gasteiger partial charge on any atom is -0.379 e. The molecule has 3 amide bonds. The Morgan fingerprint density at radius 1 is 0.867 bits per heavy atom. The maximum atomic E-state index is 12.0. The number of amides is 3. The topological polar surface area (TPSA) is 114 Å². The summed E-state index contributed by atoms with van der Waals surface area (Å²) < 4.78 is 5.37. The minimum absolute atomic E-state index is 0.0435. The minimum atomic E-state index is -0.161. The van der Waals surface area contributed by atoms with E-state index in [-0.39, 0.29) is 48.4 Å². The van der Waals surface area contributed by atoms with Crippen LogP contribution in [0.5, 0.6) is 0 Å². The second-order valence-corrected chi connectivity index (χ2v) is 7.62. The average Bonchev–Trinajstić information content (AvgIpc) is 2.71. The molecule has 30 heavy (non-hydrogen) atoms. The summed E-state index contributed by atoms with van der Waals surface area (Å²) in [6.07, 6.45) is 3.90. The largest absolute Gasteiger partial charge is 0.379 e. The summed E-state index contributed by atoms with van der Waals surface area (Å²) in [7, 11) is 0. The predicted molar refractivity (Wildman–Crippen MR) is 117 cm³/mol. The Labute approximate surface area is 181 Å². The normalized spacial score (nSPS) is 18.1. The molecule has 1 rings (SSSR count). The van der Waals surface area contributed by atoms with Crippen molar-refractivity contribution < 1.29 is 23.9 Å². The lowest BCUT2D eigenvalue weighted by atomic mass is 9.80. The van der Waals surface area contributed by atoms with E-state index in [1.165, 1.54) is 6.92 Å². The van der Waals surface area contributed by atoms with E-state index in [0.717, 1.165) is 25.7 Å². The smallest absolute Gasteiger partial charge is 0.222 e. The van der Waals surface area contributed by atoms with Crippen LogP contribution in [-0.4, -0.2) is 55.8 Å². The molecule has 174 valence electrons. The Balaban J connectivity index is 0.00000407. The van der Waals surface area contributed by atoms with Gasteiger partial charge in [0.05, 0.1) is 13.2 Å². The molecule has 8 heteroatoms. The molecule has 0 heterocycles. The first-order valence-electron chi connectivity index (χ1n) is 11.2. The summed E-state index contributed by atoms with van der Waals surface area (Å²) in [6.45, 7) is 10.6. The van der Waals surface area contributed by atoms with Crippen LogP contribution in [0.1, 0.15) is 73.1 Å². The van der Waals surface area contributed by atoms with Gasteiger partial charge in [-0.3, -0.25) is 19.2 Å². The summed E-state index contributed by atoms with van der Waals surface area (Å²) in [5, 5.41) is 8.26. The van der Waals surface area contributed by atoms with Crippen LogP contribution < -0.4 is 16.0 Å². The molecule has 1 aliphatic rings. The van der Waals surface area contributed by atoms with Gasteiger partial charge in [0, 0.05) is 50.7 Å². The molecular weight excluding hydrogens is 386 g/mol. The third kappa shape index (κ3) is 13.3. The summed E-state index contributed by atoms with van der Waals surface area (Å²) >= 11 is 0. The molecule has 1 saturated carbocycles. The van der Waals surface area contributed by atoms with Crippen LogP contribution in [0.3, 0.4) is 0 Å². The maximum absolute atomic E-state index is 12.0. The van der Waals surface area contributed by atoms with Gasteiger partial charge in [-0.25, -0.2) is 0 Å². The first-order chi connectivity index (χ1) is 14.3. The van der Waals surface area contributed by atoms with Gasteiger partial charge in [0.1, 0.15) is 5.78 Å². The number of ketones is 1. The predicted octanol–water partition coefficient (Wildman–Crippen LogP) is 1.96. The summed E-state index contributed by atoms with van der Waals surface area (Å²) in [5.41, 5.74) is 0. The Morgan fingerprint density at radius 2 is 1.50 bits per heavy atom. The van der Waals surface area contributed by atoms with Crippen LogP contribution >= 0.6 is 0 Å². The van der Waals surface area contributed by atoms with E-state index >= 15 is 0 Å². The maximum Gasteiger partial charge on any atom is 0.222 e. The number of carbonyl (C=O) groups is 4. The molecule has 0 bridgehead atoms. The molecule has 0 saturated heterocycles. The van der Waals surface area contributed by atoms with Crippen molar-refractivity contribution in [1.82, 2.24) is 16.0 Å². The van der Waals surface area contributed by atoms with E-state index in [1.54, 1.807) is 0 Å². The molecule has 3 N–H and O–H groups in total. The van der Waals surface area contributed by atoms with E-state index < -0.39 is 0 Å². The van der Waals surface area contributed by atoms with Gasteiger partial charge in [0.15, 0.2) is 0 Å². The van der Waals surface area contributed by atoms with E-state index in [4.69, 9.17) is 4.74 Å². The van der Waals surface area contributed by atoms with Gasteiger partial charge in [0.25, 0.3) is 0 Å². The van der Waals surface area contributed by atoms with Gasteiger partial charge in [-0.05, 0) is 25.7 Å². The van der Waals surface area contributed by atoms with E-state index in [9.17, 15) is 19.2 Å². The molecule has 1 fully saturated rings. The molecule has 0 unspecified atom stereocenters. The van der Waals surface area contributed by atoms with Crippen LogP contribution in [-0.2, 0) is 23.9 Å². The summed E-state index contributed by atoms with van der Waals surface area (Å²) in [5.74, 6) is 0.201. The van der Waals surface area contributed by atoms with Crippen LogP contribution in [0.4, 0.5) is 0 Å². The fourth-order valence-corrected chi connectivity index (χ4v) is 3.26. The van der Waals surface area contributed by atoms with E-state index in [1.807, 2.05) is 27.7 Å². The molecular formula is C22H41N3O5. The van der Waals surface area contributed by atoms with Crippen LogP contribution in [0.15, 0.2) is 0 Å². The Hall–Kier alpha value is -1.96. The quantitative estimate of drug-likeness (QED) is 0.412. The molecule has 8 nitrogen and oxygen atoms in total. The fraction of sp³-hybridized carbons (Fsp3) is 0.818. The van der Waals surface area contributed by atoms with Crippen molar-refractivity contribution in [1.29, 1.82) is 0 Å². The van der Waals surface area contributed by atoms with Crippen molar-refractivity contribution in [2.75, 3.05) is 26.3 Å². The lowest BCUT2D eigenvalue weighted by Crippen LogP contribution is -2.39. The molecule has 1 aliphatic carbocycles. The van der Waals surface area contributed by atoms with Crippen LogP contribution in [0.2, 0.25) is 0 Å². The Morgan fingerprint density at radius 3 is 2.07 bits per heavy atom. The van der Waals surface area contributed by atoms with Gasteiger partial charge < -0.3 is 20.7 Å². The monoisotopic (exact) mass is 427 g/mol. The highest BCUT2D eigenvalue weighted by Gasteiger charge is 2.28. The van der Waals surface area contributed by atoms with Gasteiger partial charge in [0.2, 0.25) is 17.7 Å². The second kappa shape index (κ2) is 16.8. The fourth-order valence-electron chi connectivity index (χ4n) is 3.26. The van der Waals surface area contributed by atoms with Crippen molar-refractivity contribution in [3.05, 3.63) is 0 Å². The molecule has 0 aromatic rings. The van der Waals surface area contributed by atoms with Gasteiger partial charge in [-0.2, -0.15) is 0 Å². The average molecular weight is 428 g/mol. The zero-order valence-corrected chi connectivity index (χ0v) is 19.3. The second-order valence-electron chi connectivity index (χ2n) is 7.62. The molecule has 0 aliphatic heterocycles. The number of hydrogen-bond donors (Lipinski definition) is 3. The van der Waals surface area contributed by atoms with Crippen molar-refractivity contribution in [2.24, 2.45) is 11.8 Å². The standard InChI is InChI=1S/C20H35N3O5.C2H6/c1-14(2)20(27)16-4-6-17(7-5-16)23-19(26)9-12-28-13-11-22-18(25)8-10-21-15(3)24;1-2/h14,16-17H,4-13H2,1-3H3,(H,21,24)(H,22,25)(H,23,26);1-2H3. The lowest BCUT2D eigenvalue weighted by molar-refractivity contribution is -0.127. The van der Waals surface area contributed by atoms with Crippen LogP contribution in [0.25, 0.3) is 0 Å². The van der Waals surface area contributed by atoms with E-state index in [0.29, 0.717) is 32.1 Å². The van der Waals surface area contributed by atoms with Gasteiger partial charge >= 0.3 is 0 Å². The van der Waals surface area contributed by atoms with Crippen molar-refractivity contribution in [3.63, 3.8) is 0 Å². The first kappa shape index (κ1) is 28.0. The molecule has 0 aromatic heterocycles. The number of Topliss-reactive ketones (excluding diaryl/α,β-unsaturated/α-hetero) is 1. The highest BCUT2D eigenvalue weighted by Crippen LogP contribution is 2.27. The van der Waals surface area contributed by atoms with Crippen LogP contribution in [0, 0.1) is 11.8 Å². The SMILES string of the molecule is CC.CC(=O)NCCC(=O)NCCOCCC(=O)NC1CCC(C(=O)C(C)C)CC1. The molecule has 0 spiro atoms. The summed E-state index contributed by atoms with van der Waals surface area (Å²) in [4.78, 5) is 46.2. The highest BCUT2D eigenvalue weighted by molar-refractivity contribution is 5.83. The number of carbonyl (C=O) groups excluding carboxylic acids is 4. The number of hydrogen-bond acceptors (Lipinski definition) is 5.